The highest BCUT2D eigenvalue weighted by Gasteiger charge is 2.31. The van der Waals surface area contributed by atoms with E-state index in [9.17, 15) is 4.79 Å². The molecule has 124 valence electrons. The molecule has 1 amide bonds. The standard InChI is InChI=1S/C19H17N5O/c25-17-9-14-23(19(22-17)24-13-4-10-21-24)18(15-5-2-1-3-6-15)16-7-11-20-12-8-16/h1-14,18-19H,(H,22,25). The quantitative estimate of drug-likeness (QED) is 0.798. The average Bonchev–Trinajstić information content (AvgIpc) is 3.19. The van der Waals surface area contributed by atoms with Gasteiger partial charge in [-0.25, -0.2) is 4.68 Å². The van der Waals surface area contributed by atoms with Gasteiger partial charge in [0.2, 0.25) is 12.2 Å². The molecular weight excluding hydrogens is 314 g/mol. The molecule has 6 nitrogen and oxygen atoms in total. The van der Waals surface area contributed by atoms with Crippen molar-refractivity contribution < 1.29 is 4.79 Å². The normalized spacial score (nSPS) is 18.0. The van der Waals surface area contributed by atoms with Crippen molar-refractivity contribution in [3.63, 3.8) is 0 Å². The van der Waals surface area contributed by atoms with Crippen LogP contribution in [-0.4, -0.2) is 25.6 Å². The van der Waals surface area contributed by atoms with Crippen molar-refractivity contribution in [1.82, 2.24) is 25.0 Å². The summed E-state index contributed by atoms with van der Waals surface area (Å²) < 4.78 is 1.73. The average molecular weight is 331 g/mol. The third-order valence-corrected chi connectivity index (χ3v) is 4.16. The van der Waals surface area contributed by atoms with Crippen LogP contribution in [0.1, 0.15) is 23.5 Å². The van der Waals surface area contributed by atoms with E-state index in [0.717, 1.165) is 11.1 Å². The Labute approximate surface area is 145 Å². The topological polar surface area (TPSA) is 63.1 Å². The lowest BCUT2D eigenvalue weighted by molar-refractivity contribution is -0.121. The first-order valence-electron chi connectivity index (χ1n) is 8.03. The maximum atomic E-state index is 11.9. The summed E-state index contributed by atoms with van der Waals surface area (Å²) in [5.74, 6) is -0.140. The van der Waals surface area contributed by atoms with E-state index < -0.39 is 6.29 Å². The second-order valence-corrected chi connectivity index (χ2v) is 5.73. The number of benzene rings is 1. The van der Waals surface area contributed by atoms with Gasteiger partial charge in [-0.15, -0.1) is 0 Å². The fourth-order valence-electron chi connectivity index (χ4n) is 3.06. The van der Waals surface area contributed by atoms with Crippen LogP contribution in [0.15, 0.2) is 85.6 Å². The maximum Gasteiger partial charge on any atom is 0.248 e. The van der Waals surface area contributed by atoms with Gasteiger partial charge in [0.25, 0.3) is 0 Å². The molecule has 1 aliphatic rings. The highest BCUT2D eigenvalue weighted by atomic mass is 16.2. The van der Waals surface area contributed by atoms with Crippen LogP contribution < -0.4 is 5.32 Å². The minimum Gasteiger partial charge on any atom is -0.328 e. The Balaban J connectivity index is 1.82. The monoisotopic (exact) mass is 331 g/mol. The van der Waals surface area contributed by atoms with Gasteiger partial charge in [0.15, 0.2) is 0 Å². The van der Waals surface area contributed by atoms with E-state index in [0.29, 0.717) is 0 Å². The number of carbonyl (C=O) groups excluding carboxylic acids is 1. The van der Waals surface area contributed by atoms with Gasteiger partial charge in [-0.1, -0.05) is 30.3 Å². The second kappa shape index (κ2) is 6.60. The number of aromatic nitrogens is 3. The van der Waals surface area contributed by atoms with Crippen molar-refractivity contribution in [2.75, 3.05) is 0 Å². The van der Waals surface area contributed by atoms with Crippen molar-refractivity contribution in [1.29, 1.82) is 0 Å². The van der Waals surface area contributed by atoms with E-state index >= 15 is 0 Å². The van der Waals surface area contributed by atoms with Crippen molar-refractivity contribution in [3.8, 4) is 0 Å². The molecule has 4 rings (SSSR count). The van der Waals surface area contributed by atoms with Crippen LogP contribution in [-0.2, 0) is 4.79 Å². The molecule has 2 atom stereocenters. The van der Waals surface area contributed by atoms with Gasteiger partial charge < -0.3 is 10.2 Å². The molecule has 3 heterocycles. The summed E-state index contributed by atoms with van der Waals surface area (Å²) in [7, 11) is 0. The predicted molar refractivity (Wildman–Crippen MR) is 92.9 cm³/mol. The molecule has 0 saturated heterocycles. The molecule has 25 heavy (non-hydrogen) atoms. The number of nitrogens with one attached hydrogen (secondary N) is 1. The van der Waals surface area contributed by atoms with Crippen LogP contribution in [0.5, 0.6) is 0 Å². The van der Waals surface area contributed by atoms with Crippen molar-refractivity contribution in [3.05, 3.63) is 96.7 Å². The van der Waals surface area contributed by atoms with Gasteiger partial charge in [0.1, 0.15) is 0 Å². The Hall–Kier alpha value is -3.41. The number of pyridine rings is 1. The molecule has 0 saturated carbocycles. The van der Waals surface area contributed by atoms with Gasteiger partial charge in [-0.3, -0.25) is 9.78 Å². The lowest BCUT2D eigenvalue weighted by Crippen LogP contribution is -2.46. The lowest BCUT2D eigenvalue weighted by Gasteiger charge is -2.39. The van der Waals surface area contributed by atoms with Crippen LogP contribution in [0.4, 0.5) is 0 Å². The first kappa shape index (κ1) is 15.1. The number of carbonyl (C=O) groups is 1. The SMILES string of the molecule is O=C1C=CN(C(c2ccccc2)c2ccncc2)C(n2cccn2)N1. The molecule has 2 unspecified atom stereocenters. The molecule has 0 fully saturated rings. The third kappa shape index (κ3) is 3.01. The maximum absolute atomic E-state index is 11.9. The highest BCUT2D eigenvalue weighted by Crippen LogP contribution is 2.33. The molecule has 0 bridgehead atoms. The molecule has 0 aliphatic carbocycles. The van der Waals surface area contributed by atoms with Crippen LogP contribution in [0.2, 0.25) is 0 Å². The van der Waals surface area contributed by atoms with E-state index in [4.69, 9.17) is 0 Å². The smallest absolute Gasteiger partial charge is 0.248 e. The van der Waals surface area contributed by atoms with Crippen molar-refractivity contribution in [2.45, 2.75) is 12.3 Å². The minimum atomic E-state index is -0.411. The first-order valence-corrected chi connectivity index (χ1v) is 8.03. The molecule has 1 aliphatic heterocycles. The van der Waals surface area contributed by atoms with Crippen molar-refractivity contribution >= 4 is 5.91 Å². The molecular formula is C19H17N5O. The first-order chi connectivity index (χ1) is 12.3. The summed E-state index contributed by atoms with van der Waals surface area (Å²) in [6.07, 6.45) is 10.0. The second-order valence-electron chi connectivity index (χ2n) is 5.73. The number of rotatable bonds is 4. The summed E-state index contributed by atoms with van der Waals surface area (Å²) in [4.78, 5) is 18.1. The van der Waals surface area contributed by atoms with Crippen LogP contribution >= 0.6 is 0 Å². The van der Waals surface area contributed by atoms with Gasteiger partial charge in [0, 0.05) is 37.1 Å². The largest absolute Gasteiger partial charge is 0.328 e. The van der Waals surface area contributed by atoms with Crippen molar-refractivity contribution in [2.24, 2.45) is 0 Å². The summed E-state index contributed by atoms with van der Waals surface area (Å²) in [6, 6.07) is 15.9. The molecule has 3 aromatic rings. The van der Waals surface area contributed by atoms with Crippen LogP contribution in [0.3, 0.4) is 0 Å². The van der Waals surface area contributed by atoms with Gasteiger partial charge in [-0.2, -0.15) is 5.10 Å². The summed E-state index contributed by atoms with van der Waals surface area (Å²) in [6.45, 7) is 0. The number of hydrogen-bond acceptors (Lipinski definition) is 4. The number of nitrogens with zero attached hydrogens (tertiary/aromatic N) is 4. The molecule has 1 N–H and O–H groups in total. The Morgan fingerprint density at radius 2 is 1.72 bits per heavy atom. The molecule has 6 heteroatoms. The zero-order valence-corrected chi connectivity index (χ0v) is 13.4. The summed E-state index contributed by atoms with van der Waals surface area (Å²) in [5.41, 5.74) is 2.20. The Kier molecular flexibility index (Phi) is 4.00. The fraction of sp³-hybridized carbons (Fsp3) is 0.105. The number of amides is 1. The molecule has 0 radical (unpaired) electrons. The van der Waals surface area contributed by atoms with E-state index in [1.807, 2.05) is 48.8 Å². The molecule has 2 aromatic heterocycles. The lowest BCUT2D eigenvalue weighted by atomic mass is 9.98. The zero-order chi connectivity index (χ0) is 17.1. The summed E-state index contributed by atoms with van der Waals surface area (Å²) in [5, 5.41) is 7.28. The Morgan fingerprint density at radius 1 is 0.960 bits per heavy atom. The van der Waals surface area contributed by atoms with Gasteiger partial charge in [-0.05, 0) is 29.3 Å². The minimum absolute atomic E-state index is 0.0877. The fourth-order valence-corrected chi connectivity index (χ4v) is 3.06. The third-order valence-electron chi connectivity index (χ3n) is 4.16. The number of hydrogen-bond donors (Lipinski definition) is 1. The van der Waals surface area contributed by atoms with E-state index in [1.54, 1.807) is 23.3 Å². The summed E-state index contributed by atoms with van der Waals surface area (Å²) >= 11 is 0. The van der Waals surface area contributed by atoms with Crippen LogP contribution in [0.25, 0.3) is 0 Å². The zero-order valence-electron chi connectivity index (χ0n) is 13.4. The van der Waals surface area contributed by atoms with Gasteiger partial charge >= 0.3 is 0 Å². The molecule has 0 spiro atoms. The predicted octanol–water partition coefficient (Wildman–Crippen LogP) is 2.47. The van der Waals surface area contributed by atoms with E-state index in [2.05, 4.69) is 32.4 Å². The van der Waals surface area contributed by atoms with Crippen LogP contribution in [0, 0.1) is 0 Å². The van der Waals surface area contributed by atoms with Gasteiger partial charge in [0.05, 0.1) is 6.04 Å². The van der Waals surface area contributed by atoms with E-state index in [1.165, 1.54) is 6.08 Å². The van der Waals surface area contributed by atoms with E-state index in [-0.39, 0.29) is 11.9 Å². The molecule has 1 aromatic carbocycles. The highest BCUT2D eigenvalue weighted by molar-refractivity contribution is 5.88. The Bertz CT molecular complexity index is 822. The Morgan fingerprint density at radius 3 is 2.44 bits per heavy atom.